The fourth-order valence-electron chi connectivity index (χ4n) is 4.28. The molecule has 1 aliphatic heterocycles. The highest BCUT2D eigenvalue weighted by Crippen LogP contribution is 2.36. The molecule has 0 atom stereocenters. The largest absolute Gasteiger partial charge is 0.393 e. The van der Waals surface area contributed by atoms with Crippen LogP contribution >= 0.6 is 0 Å². The Bertz CT molecular complexity index is 1260. The van der Waals surface area contributed by atoms with Gasteiger partial charge in [0.1, 0.15) is 17.3 Å². The number of aliphatic hydroxyl groups excluding tert-OH is 1. The Morgan fingerprint density at radius 1 is 1.12 bits per heavy atom. The van der Waals surface area contributed by atoms with Crippen LogP contribution in [0.2, 0.25) is 0 Å². The van der Waals surface area contributed by atoms with Gasteiger partial charge in [0.05, 0.1) is 22.9 Å². The number of fused-ring (bicyclic) bond motifs is 1. The van der Waals surface area contributed by atoms with Gasteiger partial charge in [-0.15, -0.1) is 0 Å². The van der Waals surface area contributed by atoms with Crippen LogP contribution in [0.25, 0.3) is 22.4 Å². The Labute approximate surface area is 191 Å². The van der Waals surface area contributed by atoms with Gasteiger partial charge in [-0.2, -0.15) is 0 Å². The number of hydrogen-bond donors (Lipinski definition) is 3. The molecule has 0 spiro atoms. The summed E-state index contributed by atoms with van der Waals surface area (Å²) >= 11 is 0. The van der Waals surface area contributed by atoms with Gasteiger partial charge in [-0.1, -0.05) is 13.8 Å². The number of rotatable bonds is 5. The van der Waals surface area contributed by atoms with Crippen LogP contribution in [0.1, 0.15) is 38.2 Å². The van der Waals surface area contributed by atoms with Crippen LogP contribution in [0.15, 0.2) is 48.9 Å². The highest BCUT2D eigenvalue weighted by atomic mass is 19.1. The van der Waals surface area contributed by atoms with Gasteiger partial charge < -0.3 is 20.3 Å². The lowest BCUT2D eigenvalue weighted by atomic mass is 10.1. The van der Waals surface area contributed by atoms with Gasteiger partial charge >= 0.3 is 0 Å². The highest BCUT2D eigenvalue weighted by molar-refractivity contribution is 6.01. The lowest BCUT2D eigenvalue weighted by molar-refractivity contribution is 0.145. The van der Waals surface area contributed by atoms with Gasteiger partial charge in [0.25, 0.3) is 0 Å². The molecule has 7 nitrogen and oxygen atoms in total. The van der Waals surface area contributed by atoms with Gasteiger partial charge in [0.15, 0.2) is 5.82 Å². The van der Waals surface area contributed by atoms with E-state index in [1.807, 2.05) is 18.5 Å². The molecule has 0 radical (unpaired) electrons. The van der Waals surface area contributed by atoms with E-state index in [1.165, 1.54) is 12.1 Å². The Balaban J connectivity index is 1.55. The SMILES string of the molecule is CC(C)c1cnc(-c2ccc(F)cc2)nc1Nc1ccnc2[nH]cc(N3CCC(O)CC3)c12. The lowest BCUT2D eigenvalue weighted by Crippen LogP contribution is -2.35. The Kier molecular flexibility index (Phi) is 5.68. The van der Waals surface area contributed by atoms with Crippen molar-refractivity contribution >= 4 is 28.2 Å². The van der Waals surface area contributed by atoms with E-state index >= 15 is 0 Å². The smallest absolute Gasteiger partial charge is 0.161 e. The van der Waals surface area contributed by atoms with Gasteiger partial charge in [0.2, 0.25) is 0 Å². The Morgan fingerprint density at radius 2 is 1.88 bits per heavy atom. The number of nitrogens with zero attached hydrogens (tertiary/aromatic N) is 4. The molecule has 3 aromatic heterocycles. The quantitative estimate of drug-likeness (QED) is 0.400. The average Bonchev–Trinajstić information content (AvgIpc) is 3.25. The zero-order chi connectivity index (χ0) is 22.9. The zero-order valence-electron chi connectivity index (χ0n) is 18.7. The number of aromatic amines is 1. The number of nitrogens with one attached hydrogen (secondary N) is 2. The van der Waals surface area contributed by atoms with Crippen molar-refractivity contribution in [3.05, 3.63) is 60.3 Å². The summed E-state index contributed by atoms with van der Waals surface area (Å²) in [5, 5.41) is 14.4. The Morgan fingerprint density at radius 3 is 2.61 bits per heavy atom. The minimum Gasteiger partial charge on any atom is -0.393 e. The van der Waals surface area contributed by atoms with Crippen molar-refractivity contribution in [2.75, 3.05) is 23.3 Å². The van der Waals surface area contributed by atoms with E-state index in [2.05, 4.69) is 39.0 Å². The third kappa shape index (κ3) is 4.26. The van der Waals surface area contributed by atoms with Crippen LogP contribution in [0.4, 0.5) is 21.6 Å². The highest BCUT2D eigenvalue weighted by Gasteiger charge is 2.22. The predicted molar refractivity (Wildman–Crippen MR) is 128 cm³/mol. The first-order valence-electron chi connectivity index (χ1n) is 11.3. The van der Waals surface area contributed by atoms with Crippen molar-refractivity contribution in [2.45, 2.75) is 38.7 Å². The molecular weight excluding hydrogens is 419 g/mol. The molecule has 0 bridgehead atoms. The molecular formula is C25H27FN6O. The molecule has 0 amide bonds. The van der Waals surface area contributed by atoms with Gasteiger partial charge in [0, 0.05) is 42.8 Å². The van der Waals surface area contributed by atoms with E-state index in [9.17, 15) is 9.50 Å². The Hall–Kier alpha value is -3.52. The van der Waals surface area contributed by atoms with Crippen LogP contribution in [0.5, 0.6) is 0 Å². The fraction of sp³-hybridized carbons (Fsp3) is 0.320. The summed E-state index contributed by atoms with van der Waals surface area (Å²) in [7, 11) is 0. The first-order chi connectivity index (χ1) is 16.0. The van der Waals surface area contributed by atoms with E-state index in [1.54, 1.807) is 18.3 Å². The van der Waals surface area contributed by atoms with Crippen LogP contribution in [-0.4, -0.2) is 44.2 Å². The second-order valence-electron chi connectivity index (χ2n) is 8.76. The summed E-state index contributed by atoms with van der Waals surface area (Å²) in [6.07, 6.45) is 6.85. The maximum absolute atomic E-state index is 13.4. The summed E-state index contributed by atoms with van der Waals surface area (Å²) in [6.45, 7) is 5.79. The van der Waals surface area contributed by atoms with Crippen LogP contribution < -0.4 is 10.2 Å². The molecule has 33 heavy (non-hydrogen) atoms. The van der Waals surface area contributed by atoms with Crippen molar-refractivity contribution in [2.24, 2.45) is 0 Å². The molecule has 1 saturated heterocycles. The number of anilines is 3. The van der Waals surface area contributed by atoms with Crippen LogP contribution in [-0.2, 0) is 0 Å². The second kappa shape index (κ2) is 8.78. The maximum Gasteiger partial charge on any atom is 0.161 e. The molecule has 1 aromatic carbocycles. The summed E-state index contributed by atoms with van der Waals surface area (Å²) in [5.41, 5.74) is 4.49. The minimum atomic E-state index is -0.291. The molecule has 0 unspecified atom stereocenters. The normalized spacial score (nSPS) is 14.9. The average molecular weight is 447 g/mol. The third-order valence-electron chi connectivity index (χ3n) is 6.15. The molecule has 1 aliphatic rings. The number of pyridine rings is 1. The van der Waals surface area contributed by atoms with E-state index in [4.69, 9.17) is 4.98 Å². The molecule has 4 aromatic rings. The number of H-pyrrole nitrogens is 1. The maximum atomic E-state index is 13.4. The van der Waals surface area contributed by atoms with Gasteiger partial charge in [-0.3, -0.25) is 0 Å². The van der Waals surface area contributed by atoms with E-state index in [-0.39, 0.29) is 17.8 Å². The molecule has 8 heteroatoms. The number of aliphatic hydroxyl groups is 1. The molecule has 0 aliphatic carbocycles. The van der Waals surface area contributed by atoms with Gasteiger partial charge in [-0.05, 0) is 49.1 Å². The van der Waals surface area contributed by atoms with E-state index < -0.39 is 0 Å². The molecule has 0 saturated carbocycles. The van der Waals surface area contributed by atoms with Gasteiger partial charge in [-0.25, -0.2) is 19.3 Å². The molecule has 170 valence electrons. The summed E-state index contributed by atoms with van der Waals surface area (Å²) < 4.78 is 13.4. The van der Waals surface area contributed by atoms with Crippen molar-refractivity contribution in [3.63, 3.8) is 0 Å². The number of halogens is 1. The fourth-order valence-corrected chi connectivity index (χ4v) is 4.28. The summed E-state index contributed by atoms with van der Waals surface area (Å²) in [4.78, 5) is 19.4. The van der Waals surface area contributed by atoms with Crippen LogP contribution in [0, 0.1) is 5.82 Å². The van der Waals surface area contributed by atoms with Crippen molar-refractivity contribution in [1.82, 2.24) is 19.9 Å². The minimum absolute atomic E-state index is 0.210. The molecule has 1 fully saturated rings. The number of aromatic nitrogens is 4. The van der Waals surface area contributed by atoms with E-state index in [0.717, 1.165) is 59.5 Å². The van der Waals surface area contributed by atoms with Crippen LogP contribution in [0.3, 0.4) is 0 Å². The number of piperidine rings is 1. The summed E-state index contributed by atoms with van der Waals surface area (Å²) in [6, 6.07) is 8.14. The number of hydrogen-bond acceptors (Lipinski definition) is 6. The molecule has 5 rings (SSSR count). The first-order valence-corrected chi connectivity index (χ1v) is 11.3. The zero-order valence-corrected chi connectivity index (χ0v) is 18.7. The van der Waals surface area contributed by atoms with Crippen molar-refractivity contribution in [3.8, 4) is 11.4 Å². The first kappa shape index (κ1) is 21.3. The molecule has 4 heterocycles. The monoisotopic (exact) mass is 446 g/mol. The van der Waals surface area contributed by atoms with Crippen molar-refractivity contribution in [1.29, 1.82) is 0 Å². The topological polar surface area (TPSA) is 90.0 Å². The summed E-state index contributed by atoms with van der Waals surface area (Å²) in [5.74, 6) is 1.17. The predicted octanol–water partition coefficient (Wildman–Crippen LogP) is 4.99. The van der Waals surface area contributed by atoms with Crippen molar-refractivity contribution < 1.29 is 9.50 Å². The number of benzene rings is 1. The standard InChI is InChI=1S/C25H27FN6O/c1-15(2)19-13-28-23(16-3-5-17(26)6-4-16)31-24(19)30-20-7-10-27-25-22(20)21(14-29-25)32-11-8-18(33)9-12-32/h3-7,10,13-15,18,33H,8-9,11-12H2,1-2H3,(H2,27,28,29,30,31). The lowest BCUT2D eigenvalue weighted by Gasteiger charge is -2.31. The molecule has 3 N–H and O–H groups in total. The third-order valence-corrected chi connectivity index (χ3v) is 6.15. The second-order valence-corrected chi connectivity index (χ2v) is 8.76. The van der Waals surface area contributed by atoms with E-state index in [0.29, 0.717) is 11.6 Å².